The van der Waals surface area contributed by atoms with E-state index in [4.69, 9.17) is 0 Å². The fourth-order valence-electron chi connectivity index (χ4n) is 1.59. The van der Waals surface area contributed by atoms with Gasteiger partial charge in [-0.15, -0.1) is 0 Å². The van der Waals surface area contributed by atoms with Gasteiger partial charge in [0.1, 0.15) is 5.82 Å². The van der Waals surface area contributed by atoms with Crippen molar-refractivity contribution < 1.29 is 8.42 Å². The van der Waals surface area contributed by atoms with Crippen molar-refractivity contribution in [2.45, 2.75) is 23.7 Å². The number of anilines is 1. The Bertz CT molecular complexity index is 667. The van der Waals surface area contributed by atoms with Gasteiger partial charge in [-0.25, -0.2) is 4.98 Å². The maximum absolute atomic E-state index is 12.1. The molecule has 0 aliphatic heterocycles. The van der Waals surface area contributed by atoms with Crippen LogP contribution in [0.25, 0.3) is 0 Å². The van der Waals surface area contributed by atoms with Gasteiger partial charge in [-0.3, -0.25) is 4.72 Å². The van der Waals surface area contributed by atoms with Gasteiger partial charge in [0.15, 0.2) is 5.03 Å². The van der Waals surface area contributed by atoms with E-state index in [1.54, 1.807) is 18.2 Å². The van der Waals surface area contributed by atoms with E-state index in [-0.39, 0.29) is 5.03 Å². The number of imidazole rings is 1. The SMILES string of the molecule is CCc1ncc(S(=O)(=O)Nc2cccc(CBr)c2)[nH]1. The Morgan fingerprint density at radius 2 is 2.21 bits per heavy atom. The molecule has 1 aromatic carbocycles. The average Bonchev–Trinajstić information content (AvgIpc) is 2.88. The molecule has 5 nitrogen and oxygen atoms in total. The van der Waals surface area contributed by atoms with Crippen molar-refractivity contribution in [1.82, 2.24) is 9.97 Å². The molecule has 0 amide bonds. The fourth-order valence-corrected chi connectivity index (χ4v) is 2.93. The lowest BCUT2D eigenvalue weighted by atomic mass is 10.2. The van der Waals surface area contributed by atoms with E-state index in [0.717, 1.165) is 5.56 Å². The molecule has 0 radical (unpaired) electrons. The van der Waals surface area contributed by atoms with Gasteiger partial charge in [0, 0.05) is 17.4 Å². The predicted molar refractivity (Wildman–Crippen MR) is 77.8 cm³/mol. The van der Waals surface area contributed by atoms with E-state index in [1.807, 2.05) is 13.0 Å². The van der Waals surface area contributed by atoms with Crippen LogP contribution >= 0.6 is 15.9 Å². The summed E-state index contributed by atoms with van der Waals surface area (Å²) in [4.78, 5) is 6.78. The third-order valence-electron chi connectivity index (χ3n) is 2.56. The van der Waals surface area contributed by atoms with E-state index in [2.05, 4.69) is 30.6 Å². The van der Waals surface area contributed by atoms with E-state index >= 15 is 0 Å². The minimum absolute atomic E-state index is 0.0774. The zero-order chi connectivity index (χ0) is 13.9. The topological polar surface area (TPSA) is 74.8 Å². The number of H-pyrrole nitrogens is 1. The van der Waals surface area contributed by atoms with E-state index in [0.29, 0.717) is 23.3 Å². The van der Waals surface area contributed by atoms with Gasteiger partial charge < -0.3 is 4.98 Å². The number of alkyl halides is 1. The van der Waals surface area contributed by atoms with Crippen LogP contribution in [0.2, 0.25) is 0 Å². The Morgan fingerprint density at radius 1 is 1.42 bits per heavy atom. The molecule has 0 aliphatic carbocycles. The van der Waals surface area contributed by atoms with Gasteiger partial charge in [-0.2, -0.15) is 8.42 Å². The number of nitrogens with zero attached hydrogens (tertiary/aromatic N) is 1. The van der Waals surface area contributed by atoms with Crippen molar-refractivity contribution in [3.63, 3.8) is 0 Å². The summed E-state index contributed by atoms with van der Waals surface area (Å²) in [5.74, 6) is 0.648. The molecular weight excluding hydrogens is 330 g/mol. The second kappa shape index (κ2) is 5.75. The number of hydrogen-bond acceptors (Lipinski definition) is 3. The van der Waals surface area contributed by atoms with Crippen LogP contribution < -0.4 is 4.72 Å². The Labute approximate surface area is 120 Å². The van der Waals surface area contributed by atoms with Crippen molar-refractivity contribution in [3.8, 4) is 0 Å². The number of rotatable bonds is 5. The predicted octanol–water partition coefficient (Wildman–Crippen LogP) is 2.67. The number of hydrogen-bond donors (Lipinski definition) is 2. The molecule has 102 valence electrons. The van der Waals surface area contributed by atoms with Gasteiger partial charge in [-0.1, -0.05) is 35.0 Å². The van der Waals surface area contributed by atoms with Crippen molar-refractivity contribution in [3.05, 3.63) is 41.9 Å². The van der Waals surface area contributed by atoms with Crippen LogP contribution in [-0.4, -0.2) is 18.4 Å². The molecule has 2 aromatic rings. The molecule has 1 aromatic heterocycles. The van der Waals surface area contributed by atoms with Crippen LogP contribution in [0.3, 0.4) is 0 Å². The van der Waals surface area contributed by atoms with Gasteiger partial charge in [0.05, 0.1) is 6.20 Å². The summed E-state index contributed by atoms with van der Waals surface area (Å²) in [6.45, 7) is 1.90. The Kier molecular flexibility index (Phi) is 4.26. The molecule has 0 atom stereocenters. The first-order chi connectivity index (χ1) is 9.05. The normalized spacial score (nSPS) is 11.5. The third-order valence-corrected chi connectivity index (χ3v) is 4.50. The smallest absolute Gasteiger partial charge is 0.278 e. The molecule has 2 N–H and O–H groups in total. The van der Waals surface area contributed by atoms with Crippen LogP contribution in [0.1, 0.15) is 18.3 Å². The number of nitrogens with one attached hydrogen (secondary N) is 2. The summed E-state index contributed by atoms with van der Waals surface area (Å²) < 4.78 is 26.8. The number of aromatic nitrogens is 2. The molecule has 19 heavy (non-hydrogen) atoms. The van der Waals surface area contributed by atoms with Crippen LogP contribution in [0, 0.1) is 0 Å². The Balaban J connectivity index is 2.25. The second-order valence-corrected chi connectivity index (χ2v) is 6.20. The summed E-state index contributed by atoms with van der Waals surface area (Å²) in [6, 6.07) is 7.21. The fraction of sp³-hybridized carbons (Fsp3) is 0.250. The zero-order valence-electron chi connectivity index (χ0n) is 10.4. The third kappa shape index (κ3) is 3.36. The highest BCUT2D eigenvalue weighted by molar-refractivity contribution is 9.08. The average molecular weight is 344 g/mol. The number of halogens is 1. The summed E-state index contributed by atoms with van der Waals surface area (Å²) in [6.07, 6.45) is 1.99. The number of aryl methyl sites for hydroxylation is 1. The molecule has 0 saturated heterocycles. The van der Waals surface area contributed by atoms with Crippen LogP contribution in [0.5, 0.6) is 0 Å². The van der Waals surface area contributed by atoms with Gasteiger partial charge >= 0.3 is 0 Å². The number of aromatic amines is 1. The molecule has 0 spiro atoms. The molecule has 0 bridgehead atoms. The highest BCUT2D eigenvalue weighted by atomic mass is 79.9. The van der Waals surface area contributed by atoms with Gasteiger partial charge in [-0.05, 0) is 17.7 Å². The number of sulfonamides is 1. The maximum atomic E-state index is 12.1. The lowest BCUT2D eigenvalue weighted by Crippen LogP contribution is -2.13. The molecule has 0 fully saturated rings. The molecule has 0 unspecified atom stereocenters. The van der Waals surface area contributed by atoms with Crippen LogP contribution in [-0.2, 0) is 21.8 Å². The molecule has 0 saturated carbocycles. The summed E-state index contributed by atoms with van der Waals surface area (Å²) in [5.41, 5.74) is 1.53. The largest absolute Gasteiger partial charge is 0.332 e. The second-order valence-electron chi connectivity index (χ2n) is 3.99. The summed E-state index contributed by atoms with van der Waals surface area (Å²) in [5, 5.41) is 0.751. The maximum Gasteiger partial charge on any atom is 0.278 e. The summed E-state index contributed by atoms with van der Waals surface area (Å²) >= 11 is 3.34. The zero-order valence-corrected chi connectivity index (χ0v) is 12.8. The Morgan fingerprint density at radius 3 is 2.84 bits per heavy atom. The first-order valence-corrected chi connectivity index (χ1v) is 8.37. The highest BCUT2D eigenvalue weighted by Crippen LogP contribution is 2.17. The number of benzene rings is 1. The quantitative estimate of drug-likeness (QED) is 0.819. The van der Waals surface area contributed by atoms with Crippen molar-refractivity contribution >= 4 is 31.6 Å². The minimum atomic E-state index is -3.61. The Hall–Kier alpha value is -1.34. The minimum Gasteiger partial charge on any atom is -0.332 e. The molecule has 7 heteroatoms. The monoisotopic (exact) mass is 343 g/mol. The molecule has 2 rings (SSSR count). The molecule has 0 aliphatic rings. The lowest BCUT2D eigenvalue weighted by molar-refractivity contribution is 0.598. The van der Waals surface area contributed by atoms with Crippen LogP contribution in [0.15, 0.2) is 35.5 Å². The van der Waals surface area contributed by atoms with E-state index < -0.39 is 10.0 Å². The first kappa shape index (κ1) is 14.1. The van der Waals surface area contributed by atoms with Crippen molar-refractivity contribution in [1.29, 1.82) is 0 Å². The van der Waals surface area contributed by atoms with Crippen molar-refractivity contribution in [2.24, 2.45) is 0 Å². The highest BCUT2D eigenvalue weighted by Gasteiger charge is 2.17. The van der Waals surface area contributed by atoms with Gasteiger partial charge in [0.2, 0.25) is 0 Å². The van der Waals surface area contributed by atoms with E-state index in [1.165, 1.54) is 6.20 Å². The van der Waals surface area contributed by atoms with Crippen molar-refractivity contribution in [2.75, 3.05) is 4.72 Å². The van der Waals surface area contributed by atoms with Crippen LogP contribution in [0.4, 0.5) is 5.69 Å². The first-order valence-electron chi connectivity index (χ1n) is 5.76. The summed E-state index contributed by atoms with van der Waals surface area (Å²) in [7, 11) is -3.61. The standard InChI is InChI=1S/C12H14BrN3O2S/c1-2-11-14-8-12(15-11)19(17,18)16-10-5-3-4-9(6-10)7-13/h3-6,8,16H,2,7H2,1H3,(H,14,15). The lowest BCUT2D eigenvalue weighted by Gasteiger charge is -2.07. The van der Waals surface area contributed by atoms with E-state index in [9.17, 15) is 8.42 Å². The van der Waals surface area contributed by atoms with Gasteiger partial charge in [0.25, 0.3) is 10.0 Å². The molecule has 1 heterocycles. The molecular formula is C12H14BrN3O2S.